The van der Waals surface area contributed by atoms with Crippen LogP contribution in [-0.2, 0) is 4.79 Å². The third-order valence-corrected chi connectivity index (χ3v) is 4.45. The minimum Gasteiger partial charge on any atom is -0.495 e. The second-order valence-electron chi connectivity index (χ2n) is 6.33. The molecule has 2 amide bonds. The van der Waals surface area contributed by atoms with Crippen LogP contribution in [0.1, 0.15) is 16.8 Å². The molecule has 1 fully saturated rings. The molecule has 1 aliphatic heterocycles. The Morgan fingerprint density at radius 2 is 1.85 bits per heavy atom. The van der Waals surface area contributed by atoms with Gasteiger partial charge in [0.2, 0.25) is 0 Å². The Morgan fingerprint density at radius 1 is 1.15 bits per heavy atom. The lowest BCUT2D eigenvalue weighted by molar-refractivity contribution is -0.119. The molecule has 2 aromatic carbocycles. The van der Waals surface area contributed by atoms with Gasteiger partial charge in [-0.05, 0) is 30.7 Å². The summed E-state index contributed by atoms with van der Waals surface area (Å²) in [4.78, 5) is 25.8. The van der Waals surface area contributed by atoms with E-state index in [1.807, 2.05) is 24.3 Å². The fourth-order valence-electron chi connectivity index (χ4n) is 3.18. The van der Waals surface area contributed by atoms with Gasteiger partial charge in [-0.15, -0.1) is 0 Å². The predicted octanol–water partition coefficient (Wildman–Crippen LogP) is 1.57. The highest BCUT2D eigenvalue weighted by atomic mass is 16.5. The maximum absolute atomic E-state index is 12.7. The Hall–Kier alpha value is -3.22. The smallest absolute Gasteiger partial charge is 0.255 e. The normalized spacial score (nSPS) is 16.0. The zero-order valence-electron chi connectivity index (χ0n) is 15.2. The van der Waals surface area contributed by atoms with Gasteiger partial charge in [0.1, 0.15) is 11.5 Å². The largest absolute Gasteiger partial charge is 0.495 e. The van der Waals surface area contributed by atoms with E-state index in [2.05, 4.69) is 10.2 Å². The first kappa shape index (κ1) is 18.6. The van der Waals surface area contributed by atoms with Gasteiger partial charge >= 0.3 is 0 Å². The van der Waals surface area contributed by atoms with Crippen molar-refractivity contribution in [2.24, 2.45) is 5.73 Å². The molecule has 1 unspecified atom stereocenters. The molecule has 0 spiro atoms. The number of para-hydroxylation sites is 3. The van der Waals surface area contributed by atoms with E-state index in [4.69, 9.17) is 15.2 Å². The van der Waals surface area contributed by atoms with Crippen LogP contribution in [0.5, 0.6) is 11.5 Å². The first-order chi connectivity index (χ1) is 13.1. The van der Waals surface area contributed by atoms with Crippen LogP contribution < -0.4 is 25.4 Å². The van der Waals surface area contributed by atoms with E-state index in [1.54, 1.807) is 31.4 Å². The second kappa shape index (κ2) is 8.44. The number of primary amides is 1. The number of methoxy groups -OCH3 is 1. The van der Waals surface area contributed by atoms with Gasteiger partial charge in [-0.2, -0.15) is 0 Å². The molecular weight excluding hydrogens is 346 g/mol. The summed E-state index contributed by atoms with van der Waals surface area (Å²) in [6.07, 6.45) is 0.827. The van der Waals surface area contributed by atoms with Crippen molar-refractivity contribution >= 4 is 17.5 Å². The van der Waals surface area contributed by atoms with Crippen LogP contribution in [0.4, 0.5) is 5.69 Å². The molecule has 0 saturated carbocycles. The molecule has 7 heteroatoms. The maximum atomic E-state index is 12.7. The summed E-state index contributed by atoms with van der Waals surface area (Å²) in [7, 11) is 1.65. The molecule has 142 valence electrons. The summed E-state index contributed by atoms with van der Waals surface area (Å²) in [5, 5.41) is 3.04. The number of nitrogens with zero attached hydrogens (tertiary/aromatic N) is 1. The van der Waals surface area contributed by atoms with E-state index in [-0.39, 0.29) is 18.6 Å². The van der Waals surface area contributed by atoms with Gasteiger partial charge in [0, 0.05) is 19.1 Å². The summed E-state index contributed by atoms with van der Waals surface area (Å²) < 4.78 is 10.8. The van der Waals surface area contributed by atoms with E-state index in [0.29, 0.717) is 17.9 Å². The molecule has 1 atom stereocenters. The number of nitrogens with two attached hydrogens (primary N) is 1. The van der Waals surface area contributed by atoms with E-state index in [1.165, 1.54) is 0 Å². The van der Waals surface area contributed by atoms with Crippen molar-refractivity contribution in [3.05, 3.63) is 54.1 Å². The molecular formula is C20H23N3O4. The van der Waals surface area contributed by atoms with Crippen molar-refractivity contribution in [3.8, 4) is 11.5 Å². The Kier molecular flexibility index (Phi) is 5.80. The van der Waals surface area contributed by atoms with Gasteiger partial charge in [0.25, 0.3) is 11.8 Å². The van der Waals surface area contributed by atoms with Crippen LogP contribution in [0.2, 0.25) is 0 Å². The highest BCUT2D eigenvalue weighted by Crippen LogP contribution is 2.30. The van der Waals surface area contributed by atoms with Crippen LogP contribution in [0.25, 0.3) is 0 Å². The second-order valence-corrected chi connectivity index (χ2v) is 6.33. The quantitative estimate of drug-likeness (QED) is 0.773. The van der Waals surface area contributed by atoms with Crippen LogP contribution in [0.15, 0.2) is 48.5 Å². The number of amides is 2. The average molecular weight is 369 g/mol. The topological polar surface area (TPSA) is 93.9 Å². The van der Waals surface area contributed by atoms with Gasteiger partial charge in [-0.3, -0.25) is 9.59 Å². The van der Waals surface area contributed by atoms with Crippen molar-refractivity contribution in [2.75, 3.05) is 31.7 Å². The molecule has 1 aliphatic rings. The van der Waals surface area contributed by atoms with Crippen LogP contribution >= 0.6 is 0 Å². The summed E-state index contributed by atoms with van der Waals surface area (Å²) in [5.74, 6) is 0.332. The molecule has 0 radical (unpaired) electrons. The Morgan fingerprint density at radius 3 is 2.59 bits per heavy atom. The standard InChI is InChI=1S/C20H23N3O4/c1-26-18-9-5-3-7-16(18)23-11-10-14(12-23)22-20(25)15-6-2-4-8-17(15)27-13-19(21)24/h2-9,14H,10-13H2,1H3,(H2,21,24)(H,22,25). The number of benzene rings is 2. The van der Waals surface area contributed by atoms with E-state index < -0.39 is 5.91 Å². The summed E-state index contributed by atoms with van der Waals surface area (Å²) in [6, 6.07) is 14.6. The Bertz CT molecular complexity index is 824. The lowest BCUT2D eigenvalue weighted by Crippen LogP contribution is -2.37. The summed E-state index contributed by atoms with van der Waals surface area (Å²) >= 11 is 0. The van der Waals surface area contributed by atoms with Crippen LogP contribution in [0.3, 0.4) is 0 Å². The molecule has 27 heavy (non-hydrogen) atoms. The van der Waals surface area contributed by atoms with E-state index in [9.17, 15) is 9.59 Å². The number of carbonyl (C=O) groups is 2. The third-order valence-electron chi connectivity index (χ3n) is 4.45. The number of ether oxygens (including phenoxy) is 2. The van der Waals surface area contributed by atoms with Gasteiger partial charge < -0.3 is 25.4 Å². The van der Waals surface area contributed by atoms with Gasteiger partial charge in [-0.25, -0.2) is 0 Å². The molecule has 3 N–H and O–H groups in total. The first-order valence-corrected chi connectivity index (χ1v) is 8.77. The molecule has 3 rings (SSSR count). The average Bonchev–Trinajstić information content (AvgIpc) is 3.14. The minimum absolute atomic E-state index is 0.00612. The van der Waals surface area contributed by atoms with Crippen molar-refractivity contribution in [1.82, 2.24) is 5.32 Å². The Labute approximate surface area is 158 Å². The van der Waals surface area contributed by atoms with Crippen molar-refractivity contribution < 1.29 is 19.1 Å². The molecule has 0 aliphatic carbocycles. The molecule has 0 bridgehead atoms. The lowest BCUT2D eigenvalue weighted by Gasteiger charge is -2.21. The van der Waals surface area contributed by atoms with E-state index in [0.717, 1.165) is 24.4 Å². The van der Waals surface area contributed by atoms with Crippen LogP contribution in [-0.4, -0.2) is 44.7 Å². The summed E-state index contributed by atoms with van der Waals surface area (Å²) in [6.45, 7) is 1.25. The van der Waals surface area contributed by atoms with E-state index >= 15 is 0 Å². The number of carbonyl (C=O) groups excluding carboxylic acids is 2. The number of anilines is 1. The maximum Gasteiger partial charge on any atom is 0.255 e. The fourth-order valence-corrected chi connectivity index (χ4v) is 3.18. The van der Waals surface area contributed by atoms with Crippen molar-refractivity contribution in [3.63, 3.8) is 0 Å². The van der Waals surface area contributed by atoms with Crippen molar-refractivity contribution in [1.29, 1.82) is 0 Å². The molecule has 7 nitrogen and oxygen atoms in total. The highest BCUT2D eigenvalue weighted by Gasteiger charge is 2.26. The number of rotatable bonds is 7. The van der Waals surface area contributed by atoms with Crippen LogP contribution in [0, 0.1) is 0 Å². The van der Waals surface area contributed by atoms with Gasteiger partial charge in [0.05, 0.1) is 18.4 Å². The highest BCUT2D eigenvalue weighted by molar-refractivity contribution is 5.97. The lowest BCUT2D eigenvalue weighted by atomic mass is 10.1. The number of hydrogen-bond acceptors (Lipinski definition) is 5. The SMILES string of the molecule is COc1ccccc1N1CCC(NC(=O)c2ccccc2OCC(N)=O)C1. The number of hydrogen-bond donors (Lipinski definition) is 2. The molecule has 1 saturated heterocycles. The predicted molar refractivity (Wildman–Crippen MR) is 102 cm³/mol. The van der Waals surface area contributed by atoms with Gasteiger partial charge in [-0.1, -0.05) is 24.3 Å². The molecule has 0 aromatic heterocycles. The first-order valence-electron chi connectivity index (χ1n) is 8.77. The summed E-state index contributed by atoms with van der Waals surface area (Å²) in [5.41, 5.74) is 6.51. The van der Waals surface area contributed by atoms with Gasteiger partial charge in [0.15, 0.2) is 6.61 Å². The number of nitrogens with one attached hydrogen (secondary N) is 1. The molecule has 2 aromatic rings. The minimum atomic E-state index is -0.589. The van der Waals surface area contributed by atoms with Crippen molar-refractivity contribution in [2.45, 2.75) is 12.5 Å². The zero-order chi connectivity index (χ0) is 19.2. The molecule has 1 heterocycles. The Balaban J connectivity index is 1.65. The third kappa shape index (κ3) is 4.49. The zero-order valence-corrected chi connectivity index (χ0v) is 15.2. The fraction of sp³-hybridized carbons (Fsp3) is 0.300. The monoisotopic (exact) mass is 369 g/mol.